The lowest BCUT2D eigenvalue weighted by atomic mass is 9.81. The molecule has 1 aromatic heterocycles. The zero-order chi connectivity index (χ0) is 27.0. The molecule has 5 rings (SSSR count). The number of pyridine rings is 1. The third-order valence-corrected chi connectivity index (χ3v) is 8.75. The average molecular weight is 534 g/mol. The van der Waals surface area contributed by atoms with Crippen LogP contribution in [0.1, 0.15) is 60.9 Å². The molecule has 8 nitrogen and oxygen atoms in total. The highest BCUT2D eigenvalue weighted by atomic mass is 16.5. The zero-order valence-corrected chi connectivity index (χ0v) is 22.9. The van der Waals surface area contributed by atoms with Crippen LogP contribution in [0.5, 0.6) is 0 Å². The summed E-state index contributed by atoms with van der Waals surface area (Å²) in [5, 5.41) is 3.23. The molecule has 5 unspecified atom stereocenters. The van der Waals surface area contributed by atoms with Crippen LogP contribution in [0, 0.1) is 11.8 Å². The number of rotatable bonds is 10. The van der Waals surface area contributed by atoms with E-state index in [9.17, 15) is 9.59 Å². The molecule has 8 heteroatoms. The van der Waals surface area contributed by atoms with Crippen molar-refractivity contribution in [3.63, 3.8) is 0 Å². The molecule has 3 aliphatic rings. The predicted octanol–water partition coefficient (Wildman–Crippen LogP) is 3.23. The summed E-state index contributed by atoms with van der Waals surface area (Å²) in [4.78, 5) is 35.7. The molecular weight excluding hydrogens is 490 g/mol. The number of carbonyl (C=O) groups excluding carboxylic acids is 2. The van der Waals surface area contributed by atoms with Crippen LogP contribution in [-0.2, 0) is 16.1 Å². The van der Waals surface area contributed by atoms with E-state index in [1.165, 1.54) is 12.0 Å². The first kappa shape index (κ1) is 27.7. The van der Waals surface area contributed by atoms with Gasteiger partial charge in [0.15, 0.2) is 0 Å². The van der Waals surface area contributed by atoms with Crippen molar-refractivity contribution in [1.82, 2.24) is 20.1 Å². The van der Waals surface area contributed by atoms with Crippen molar-refractivity contribution in [2.24, 2.45) is 17.6 Å². The number of benzene rings is 1. The smallest absolute Gasteiger partial charge is 0.256 e. The molecule has 2 amide bonds. The van der Waals surface area contributed by atoms with E-state index in [2.05, 4.69) is 39.5 Å². The second-order valence-electron chi connectivity index (χ2n) is 11.5. The molecule has 2 aliphatic heterocycles. The molecule has 3 heterocycles. The molecule has 2 aromatic rings. The predicted molar refractivity (Wildman–Crippen MR) is 151 cm³/mol. The van der Waals surface area contributed by atoms with Crippen molar-refractivity contribution in [3.8, 4) is 0 Å². The minimum absolute atomic E-state index is 0.0543. The van der Waals surface area contributed by atoms with Crippen molar-refractivity contribution in [2.45, 2.75) is 69.7 Å². The second kappa shape index (κ2) is 13.5. The summed E-state index contributed by atoms with van der Waals surface area (Å²) in [6.07, 6.45) is 10.7. The molecule has 39 heavy (non-hydrogen) atoms. The van der Waals surface area contributed by atoms with E-state index >= 15 is 0 Å². The molecule has 1 aromatic carbocycles. The molecule has 1 aliphatic carbocycles. The Labute approximate surface area is 232 Å². The molecule has 0 radical (unpaired) electrons. The van der Waals surface area contributed by atoms with Gasteiger partial charge < -0.3 is 20.7 Å². The number of ether oxygens (including phenoxy) is 1. The van der Waals surface area contributed by atoms with Crippen LogP contribution >= 0.6 is 0 Å². The van der Waals surface area contributed by atoms with Gasteiger partial charge in [0, 0.05) is 51.2 Å². The van der Waals surface area contributed by atoms with E-state index < -0.39 is 6.04 Å². The lowest BCUT2D eigenvalue weighted by molar-refractivity contribution is -0.125. The van der Waals surface area contributed by atoms with Crippen LogP contribution in [0.2, 0.25) is 0 Å². The fraction of sp³-hybridized carbons (Fsp3) is 0.581. The molecular formula is C31H43N5O3. The number of aromatic nitrogens is 1. The van der Waals surface area contributed by atoms with E-state index in [4.69, 9.17) is 10.5 Å². The first-order valence-corrected chi connectivity index (χ1v) is 14.7. The Morgan fingerprint density at radius 2 is 1.90 bits per heavy atom. The van der Waals surface area contributed by atoms with Crippen molar-refractivity contribution in [1.29, 1.82) is 0 Å². The average Bonchev–Trinajstić information content (AvgIpc) is 3.67. The Morgan fingerprint density at radius 1 is 1.05 bits per heavy atom. The molecule has 2 saturated heterocycles. The van der Waals surface area contributed by atoms with Crippen LogP contribution in [0.25, 0.3) is 0 Å². The SMILES string of the molecule is NCC1CCCC(CNC(=O)C2CC(N(Cc3ccccc3)CC3CCCO3)CN2C(=O)c2cccnc2)C1. The highest BCUT2D eigenvalue weighted by Gasteiger charge is 2.43. The number of nitrogens with one attached hydrogen (secondary N) is 1. The first-order chi connectivity index (χ1) is 19.1. The van der Waals surface area contributed by atoms with Gasteiger partial charge in [-0.3, -0.25) is 19.5 Å². The van der Waals surface area contributed by atoms with Gasteiger partial charge in [-0.2, -0.15) is 0 Å². The third-order valence-electron chi connectivity index (χ3n) is 8.75. The number of likely N-dealkylation sites (tertiary alicyclic amines) is 1. The van der Waals surface area contributed by atoms with Gasteiger partial charge in [-0.15, -0.1) is 0 Å². The largest absolute Gasteiger partial charge is 0.377 e. The summed E-state index contributed by atoms with van der Waals surface area (Å²) < 4.78 is 6.00. The minimum atomic E-state index is -0.514. The van der Waals surface area contributed by atoms with Gasteiger partial charge in [-0.1, -0.05) is 36.8 Å². The van der Waals surface area contributed by atoms with Gasteiger partial charge in [0.1, 0.15) is 6.04 Å². The second-order valence-corrected chi connectivity index (χ2v) is 11.5. The Kier molecular flexibility index (Phi) is 9.61. The number of carbonyl (C=O) groups is 2. The van der Waals surface area contributed by atoms with E-state index in [0.29, 0.717) is 43.5 Å². The molecule has 210 valence electrons. The monoisotopic (exact) mass is 533 g/mol. The lowest BCUT2D eigenvalue weighted by Crippen LogP contribution is -2.47. The van der Waals surface area contributed by atoms with Crippen molar-refractivity contribution < 1.29 is 14.3 Å². The van der Waals surface area contributed by atoms with E-state index in [1.54, 1.807) is 29.4 Å². The van der Waals surface area contributed by atoms with Gasteiger partial charge in [0.25, 0.3) is 5.91 Å². The summed E-state index contributed by atoms with van der Waals surface area (Å²) in [6.45, 7) is 4.23. The normalized spacial score (nSPS) is 27.1. The summed E-state index contributed by atoms with van der Waals surface area (Å²) >= 11 is 0. The molecule has 3 N–H and O–H groups in total. The van der Waals surface area contributed by atoms with Gasteiger partial charge in [0.2, 0.25) is 5.91 Å². The number of nitrogens with two attached hydrogens (primary N) is 1. The van der Waals surface area contributed by atoms with Crippen LogP contribution in [0.15, 0.2) is 54.9 Å². The molecule has 5 atom stereocenters. The van der Waals surface area contributed by atoms with Gasteiger partial charge in [0.05, 0.1) is 11.7 Å². The Bertz CT molecular complexity index is 1060. The summed E-state index contributed by atoms with van der Waals surface area (Å²) in [6, 6.07) is 13.5. The van der Waals surface area contributed by atoms with Crippen molar-refractivity contribution >= 4 is 11.8 Å². The fourth-order valence-electron chi connectivity index (χ4n) is 6.58. The van der Waals surface area contributed by atoms with E-state index in [1.807, 2.05) is 6.07 Å². The quantitative estimate of drug-likeness (QED) is 0.486. The fourth-order valence-corrected chi connectivity index (χ4v) is 6.58. The van der Waals surface area contributed by atoms with Gasteiger partial charge in [-0.05, 0) is 74.6 Å². The number of nitrogens with zero attached hydrogens (tertiary/aromatic N) is 3. The maximum Gasteiger partial charge on any atom is 0.256 e. The lowest BCUT2D eigenvalue weighted by Gasteiger charge is -2.31. The number of amides is 2. The number of hydrogen-bond donors (Lipinski definition) is 2. The Hall–Kier alpha value is -2.81. The first-order valence-electron chi connectivity index (χ1n) is 14.7. The summed E-state index contributed by atoms with van der Waals surface area (Å²) in [5.74, 6) is 0.805. The molecule has 1 saturated carbocycles. The van der Waals surface area contributed by atoms with Gasteiger partial charge >= 0.3 is 0 Å². The van der Waals surface area contributed by atoms with Crippen LogP contribution in [0.4, 0.5) is 0 Å². The highest BCUT2D eigenvalue weighted by Crippen LogP contribution is 2.30. The Morgan fingerprint density at radius 3 is 2.64 bits per heavy atom. The molecule has 0 spiro atoms. The number of hydrogen-bond acceptors (Lipinski definition) is 6. The maximum atomic E-state index is 13.7. The van der Waals surface area contributed by atoms with Crippen LogP contribution in [-0.4, -0.2) is 77.6 Å². The molecule has 3 fully saturated rings. The Balaban J connectivity index is 1.33. The van der Waals surface area contributed by atoms with Crippen molar-refractivity contribution in [3.05, 3.63) is 66.0 Å². The maximum absolute atomic E-state index is 13.7. The highest BCUT2D eigenvalue weighted by molar-refractivity contribution is 5.97. The standard InChI is InChI=1S/C31H43N5O3/c32-17-24-9-4-10-25(15-24)18-34-30(37)29-16-27(21-36(29)31(38)26-11-5-13-33-19-26)35(22-28-12-6-14-39-28)20-23-7-2-1-3-8-23/h1-3,5,7-8,11,13,19,24-25,27-29H,4,6,9-10,12,14-18,20-22,32H2,(H,34,37). The summed E-state index contributed by atoms with van der Waals surface area (Å²) in [7, 11) is 0. The minimum Gasteiger partial charge on any atom is -0.377 e. The molecule has 0 bridgehead atoms. The third kappa shape index (κ3) is 7.24. The zero-order valence-electron chi connectivity index (χ0n) is 22.9. The topological polar surface area (TPSA) is 101 Å². The van der Waals surface area contributed by atoms with Crippen LogP contribution < -0.4 is 11.1 Å². The van der Waals surface area contributed by atoms with Crippen molar-refractivity contribution in [2.75, 3.05) is 32.8 Å². The van der Waals surface area contributed by atoms with E-state index in [0.717, 1.165) is 51.8 Å². The van der Waals surface area contributed by atoms with Crippen LogP contribution in [0.3, 0.4) is 0 Å². The summed E-state index contributed by atoms with van der Waals surface area (Å²) in [5.41, 5.74) is 7.67. The van der Waals surface area contributed by atoms with Gasteiger partial charge in [-0.25, -0.2) is 0 Å². The van der Waals surface area contributed by atoms with E-state index in [-0.39, 0.29) is 24.0 Å².